The molecule has 8 rings (SSSR count). The molecule has 2 aliphatic heterocycles. The third-order valence-electron chi connectivity index (χ3n) is 11.5. The number of hydrogen-bond donors (Lipinski definition) is 1. The van der Waals surface area contributed by atoms with E-state index in [-0.39, 0.29) is 27.9 Å². The highest BCUT2D eigenvalue weighted by Gasteiger charge is 2.35. The summed E-state index contributed by atoms with van der Waals surface area (Å²) in [6, 6.07) is 18.9. The van der Waals surface area contributed by atoms with Crippen LogP contribution in [-0.4, -0.2) is 95.5 Å². The first-order valence-electron chi connectivity index (χ1n) is 20.8. The molecule has 2 aliphatic rings. The molecule has 1 N–H and O–H groups in total. The van der Waals surface area contributed by atoms with E-state index < -0.39 is 12.0 Å². The van der Waals surface area contributed by atoms with Gasteiger partial charge in [0.05, 0.1) is 57.1 Å². The lowest BCUT2D eigenvalue weighted by Crippen LogP contribution is -2.40. The second kappa shape index (κ2) is 20.4. The molecule has 0 spiro atoms. The Morgan fingerprint density at radius 2 is 1.19 bits per heavy atom. The zero-order valence-corrected chi connectivity index (χ0v) is 38.6. The summed E-state index contributed by atoms with van der Waals surface area (Å²) in [7, 11) is 9.96. The Labute approximate surface area is 376 Å². The van der Waals surface area contributed by atoms with Gasteiger partial charge in [0.25, 0.3) is 0 Å². The number of β-amino-alcohol motifs (C(OH)–C–C–N with tert-alkyl or cyclic N) is 1. The van der Waals surface area contributed by atoms with Gasteiger partial charge in [0.1, 0.15) is 56.5 Å². The number of ketones is 1. The Morgan fingerprint density at radius 1 is 0.667 bits per heavy atom. The first kappa shape index (κ1) is 47.1. The second-order valence-corrected chi connectivity index (χ2v) is 16.2. The van der Waals surface area contributed by atoms with Gasteiger partial charge in [-0.25, -0.2) is 0 Å². The Balaban J connectivity index is 0.000000202. The van der Waals surface area contributed by atoms with E-state index >= 15 is 0 Å². The third-order valence-corrected chi connectivity index (χ3v) is 12.4. The first-order valence-corrected chi connectivity index (χ1v) is 21.6. The molecule has 1 unspecified atom stereocenters. The highest BCUT2D eigenvalue weighted by molar-refractivity contribution is 6.34. The van der Waals surface area contributed by atoms with E-state index in [1.165, 1.54) is 33.5 Å². The Hall–Kier alpha value is -5.37. The van der Waals surface area contributed by atoms with E-state index in [9.17, 15) is 19.5 Å². The standard InChI is InChI=1S/C24H26ClNO5.C23H22ClNO5.C2H6/c1-13-6-5-7-15(23(13)25)18-10-16(27)22-20(30-4)11-19(29-3)21(24(22)31-18)14-8-9-26(2)12-17(14)28;1-25-9-8-14(17(27)12-25)21-19(28-2)11-20(29-3)22-16(26)10-18(30-23(21)22)13-6-4-5-7-15(13)24;1-2/h5-7,10-11,14,17,28H,8-9,12H2,1-4H3;4-7,10-11,14H,8-9,12H2,1-3H3;1-2H3/t14-,17+;;/m1../s1. The maximum Gasteiger partial charge on any atom is 0.197 e. The number of Topliss-reactive ketones (excluding diaryl/α,β-unsaturated/α-hetero) is 1. The van der Waals surface area contributed by atoms with Crippen LogP contribution in [0.3, 0.4) is 0 Å². The molecular formula is C49H54Cl2N2O10. The van der Waals surface area contributed by atoms with Crippen LogP contribution in [0.15, 0.2) is 85.2 Å². The Kier molecular flexibility index (Phi) is 15.3. The maximum atomic E-state index is 13.2. The van der Waals surface area contributed by atoms with Crippen molar-refractivity contribution in [1.29, 1.82) is 0 Å². The summed E-state index contributed by atoms with van der Waals surface area (Å²) in [4.78, 5) is 43.3. The van der Waals surface area contributed by atoms with E-state index in [0.29, 0.717) is 109 Å². The zero-order chi connectivity index (χ0) is 45.7. The first-order chi connectivity index (χ1) is 30.3. The van der Waals surface area contributed by atoms with Crippen molar-refractivity contribution in [3.8, 4) is 45.6 Å². The lowest BCUT2D eigenvalue weighted by molar-refractivity contribution is -0.123. The highest BCUT2D eigenvalue weighted by atomic mass is 35.5. The number of aryl methyl sites for hydroxylation is 1. The number of piperidine rings is 2. The molecular weight excluding hydrogens is 847 g/mol. The van der Waals surface area contributed by atoms with Crippen molar-refractivity contribution in [2.75, 3.05) is 68.7 Å². The molecule has 14 heteroatoms. The molecule has 3 atom stereocenters. The average Bonchev–Trinajstić information content (AvgIpc) is 3.27. The summed E-state index contributed by atoms with van der Waals surface area (Å²) in [5.74, 6) is 1.76. The summed E-state index contributed by atoms with van der Waals surface area (Å²) < 4.78 is 34.8. The van der Waals surface area contributed by atoms with Crippen LogP contribution in [0.2, 0.25) is 10.0 Å². The molecule has 2 aromatic heterocycles. The van der Waals surface area contributed by atoms with Gasteiger partial charge < -0.3 is 37.8 Å². The van der Waals surface area contributed by atoms with Crippen LogP contribution < -0.4 is 29.8 Å². The highest BCUT2D eigenvalue weighted by Crippen LogP contribution is 2.45. The van der Waals surface area contributed by atoms with Crippen LogP contribution in [0.25, 0.3) is 44.6 Å². The van der Waals surface area contributed by atoms with Crippen molar-refractivity contribution >= 4 is 50.9 Å². The van der Waals surface area contributed by atoms with Crippen LogP contribution in [0.1, 0.15) is 55.2 Å². The van der Waals surface area contributed by atoms with Crippen molar-refractivity contribution in [2.45, 2.75) is 51.6 Å². The number of methoxy groups -OCH3 is 4. The van der Waals surface area contributed by atoms with Gasteiger partial charge in [-0.2, -0.15) is 0 Å². The smallest absolute Gasteiger partial charge is 0.197 e. The molecule has 0 saturated carbocycles. The monoisotopic (exact) mass is 900 g/mol. The van der Waals surface area contributed by atoms with Gasteiger partial charge >= 0.3 is 0 Å². The molecule has 0 amide bonds. The number of nitrogens with zero attached hydrogens (tertiary/aromatic N) is 2. The van der Waals surface area contributed by atoms with Crippen LogP contribution in [0.4, 0.5) is 0 Å². The SMILES string of the molecule is CC.COc1cc(OC)c2c(=O)cc(-c3cccc(C)c3Cl)oc2c1[C@@H]1CCN(C)C[C@@H]1O.COc1cc(OC)c2c(=O)cc(-c3ccccc3Cl)oc2c1C1CCN(C)CC1=O. The van der Waals surface area contributed by atoms with Gasteiger partial charge in [-0.3, -0.25) is 19.3 Å². The molecule has 63 heavy (non-hydrogen) atoms. The summed E-state index contributed by atoms with van der Waals surface area (Å²) in [6.45, 7) is 8.32. The van der Waals surface area contributed by atoms with Crippen molar-refractivity contribution < 1.29 is 37.7 Å². The van der Waals surface area contributed by atoms with Gasteiger partial charge in [0.2, 0.25) is 0 Å². The van der Waals surface area contributed by atoms with Crippen LogP contribution >= 0.6 is 23.2 Å². The van der Waals surface area contributed by atoms with E-state index in [4.69, 9.17) is 51.0 Å². The minimum absolute atomic E-state index is 0.0549. The van der Waals surface area contributed by atoms with E-state index in [1.807, 2.05) is 64.0 Å². The largest absolute Gasteiger partial charge is 0.496 e. The summed E-state index contributed by atoms with van der Waals surface area (Å²) in [5.41, 5.74) is 3.54. The number of likely N-dealkylation sites (tertiary alicyclic amines) is 2. The number of carbonyl (C=O) groups is 1. The molecule has 0 aliphatic carbocycles. The van der Waals surface area contributed by atoms with Crippen LogP contribution in [0, 0.1) is 6.92 Å². The summed E-state index contributed by atoms with van der Waals surface area (Å²) in [5, 5.41) is 12.5. The second-order valence-electron chi connectivity index (χ2n) is 15.4. The predicted octanol–water partition coefficient (Wildman–Crippen LogP) is 9.36. The normalized spacial score (nSPS) is 18.0. The molecule has 334 valence electrons. The maximum absolute atomic E-state index is 13.2. The molecule has 4 heterocycles. The summed E-state index contributed by atoms with van der Waals surface area (Å²) in [6.07, 6.45) is 0.683. The number of rotatable bonds is 8. The number of ether oxygens (including phenoxy) is 4. The topological polar surface area (TPSA) is 141 Å². The number of likely N-dealkylation sites (N-methyl/N-ethyl adjacent to an activating group) is 2. The number of benzene rings is 4. The predicted molar refractivity (Wildman–Crippen MR) is 249 cm³/mol. The average molecular weight is 902 g/mol. The third kappa shape index (κ3) is 9.46. The van der Waals surface area contributed by atoms with Gasteiger partial charge in [0, 0.05) is 59.0 Å². The molecule has 12 nitrogen and oxygen atoms in total. The fourth-order valence-electron chi connectivity index (χ4n) is 8.40. The summed E-state index contributed by atoms with van der Waals surface area (Å²) >= 11 is 12.9. The number of aliphatic hydroxyl groups is 1. The number of fused-ring (bicyclic) bond motifs is 2. The molecule has 2 fully saturated rings. The van der Waals surface area contributed by atoms with Gasteiger partial charge in [-0.05, 0) is 70.7 Å². The van der Waals surface area contributed by atoms with Crippen molar-refractivity contribution in [2.24, 2.45) is 0 Å². The van der Waals surface area contributed by atoms with Gasteiger partial charge in [-0.15, -0.1) is 0 Å². The number of halogens is 2. The zero-order valence-electron chi connectivity index (χ0n) is 37.1. The minimum atomic E-state index is -0.624. The van der Waals surface area contributed by atoms with E-state index in [1.54, 1.807) is 37.4 Å². The van der Waals surface area contributed by atoms with Crippen LogP contribution in [0.5, 0.6) is 23.0 Å². The van der Waals surface area contributed by atoms with Crippen molar-refractivity contribution in [3.05, 3.63) is 114 Å². The molecule has 4 aromatic carbocycles. The van der Waals surface area contributed by atoms with E-state index in [2.05, 4.69) is 4.90 Å². The molecule has 0 bridgehead atoms. The fourth-order valence-corrected chi connectivity index (χ4v) is 8.85. The number of aliphatic hydroxyl groups excluding tert-OH is 1. The molecule has 6 aromatic rings. The Bertz CT molecular complexity index is 2750. The van der Waals surface area contributed by atoms with Gasteiger partial charge in [-0.1, -0.05) is 61.3 Å². The quantitative estimate of drug-likeness (QED) is 0.156. The Morgan fingerprint density at radius 3 is 1.75 bits per heavy atom. The van der Waals surface area contributed by atoms with Crippen molar-refractivity contribution in [3.63, 3.8) is 0 Å². The lowest BCUT2D eigenvalue weighted by Gasteiger charge is -2.34. The van der Waals surface area contributed by atoms with Crippen LogP contribution in [-0.2, 0) is 4.79 Å². The minimum Gasteiger partial charge on any atom is -0.496 e. The number of carbonyl (C=O) groups excluding carboxylic acids is 1. The lowest BCUT2D eigenvalue weighted by atomic mass is 9.85. The van der Waals surface area contributed by atoms with E-state index in [0.717, 1.165) is 18.7 Å². The molecule has 2 saturated heterocycles. The number of hydrogen-bond acceptors (Lipinski definition) is 12. The van der Waals surface area contributed by atoms with Crippen molar-refractivity contribution in [1.82, 2.24) is 9.80 Å². The molecule has 0 radical (unpaired) electrons. The fraction of sp³-hybridized carbons (Fsp3) is 0.367. The van der Waals surface area contributed by atoms with Gasteiger partial charge in [0.15, 0.2) is 16.6 Å².